The normalized spacial score (nSPS) is 53.3. The predicted molar refractivity (Wildman–Crippen MR) is 213 cm³/mol. The number of aliphatic hydroxyl groups is 11. The van der Waals surface area contributed by atoms with Gasteiger partial charge >= 0.3 is 0 Å². The lowest BCUT2D eigenvalue weighted by molar-refractivity contribution is -0.336. The summed E-state index contributed by atoms with van der Waals surface area (Å²) < 4.78 is 41.1. The van der Waals surface area contributed by atoms with Gasteiger partial charge < -0.3 is 89.3 Å². The molecule has 4 heterocycles. The van der Waals surface area contributed by atoms with Crippen molar-refractivity contribution in [3.8, 4) is 0 Å². The minimum absolute atomic E-state index is 0.0831. The molecule has 0 aromatic heterocycles. The van der Waals surface area contributed by atoms with Crippen LogP contribution in [0.4, 0.5) is 0 Å². The van der Waals surface area contributed by atoms with E-state index in [1.165, 1.54) is 5.57 Å². The average molecular weight is 889 g/mol. The maximum atomic E-state index is 11.7. The van der Waals surface area contributed by atoms with Gasteiger partial charge in [-0.15, -0.1) is 0 Å². The molecule has 4 aliphatic heterocycles. The molecule has 0 aromatic rings. The van der Waals surface area contributed by atoms with Gasteiger partial charge in [-0.25, -0.2) is 0 Å². The van der Waals surface area contributed by atoms with E-state index in [0.29, 0.717) is 36.5 Å². The van der Waals surface area contributed by atoms with Gasteiger partial charge in [-0.3, -0.25) is 0 Å². The fraction of sp³-hybridized carbons (Fsp3) is 0.955. The summed E-state index contributed by atoms with van der Waals surface area (Å²) in [7, 11) is 0. The van der Waals surface area contributed by atoms with Crippen molar-refractivity contribution in [3.05, 3.63) is 11.3 Å². The SMILES string of the molecule is CC1=C(CC[C@H](C)CO[C@@H]2O[C@@H](CO)[C@@H](O)[C@@H](O)[C@@H]2O)O[C@@H]2C[C@@H]3[C@H]4CC[C@@H]5C[C@H](O[C@H]6O[C@@H](CO[C@@H]7OC[C@@H](O)[C@H](O)[C@H]7O)[C@@H](O)[C@@H](O)[C@@H]6O)[C@@H](O)C[C@@]5(C)[C@@H]4CC[C@@]3(C)[C@H]12. The molecular weight excluding hydrogens is 816 g/mol. The summed E-state index contributed by atoms with van der Waals surface area (Å²) >= 11 is 0. The molecule has 8 aliphatic rings. The fourth-order valence-electron chi connectivity index (χ4n) is 13.4. The number of fused-ring (bicyclic) bond motifs is 7. The zero-order chi connectivity index (χ0) is 44.6. The van der Waals surface area contributed by atoms with Crippen molar-refractivity contribution in [1.29, 1.82) is 0 Å². The van der Waals surface area contributed by atoms with Crippen LogP contribution in [0.25, 0.3) is 0 Å². The number of rotatable bonds is 12. The summed E-state index contributed by atoms with van der Waals surface area (Å²) in [6.45, 7) is 8.13. The first-order chi connectivity index (χ1) is 29.4. The van der Waals surface area contributed by atoms with Crippen LogP contribution in [-0.2, 0) is 33.2 Å². The Kier molecular flexibility index (Phi) is 14.1. The molecular formula is C44H72O18. The van der Waals surface area contributed by atoms with Crippen LogP contribution >= 0.6 is 0 Å². The summed E-state index contributed by atoms with van der Waals surface area (Å²) in [4.78, 5) is 0. The Morgan fingerprint density at radius 1 is 0.710 bits per heavy atom. The van der Waals surface area contributed by atoms with Crippen LogP contribution in [0.3, 0.4) is 0 Å². The van der Waals surface area contributed by atoms with Crippen LogP contribution in [0, 0.1) is 46.3 Å². The van der Waals surface area contributed by atoms with E-state index in [-0.39, 0.29) is 48.6 Å². The first-order valence-electron chi connectivity index (χ1n) is 23.0. The molecule has 0 unspecified atom stereocenters. The molecule has 0 bridgehead atoms. The molecule has 4 aliphatic carbocycles. The van der Waals surface area contributed by atoms with Gasteiger partial charge in [0, 0.05) is 12.3 Å². The second-order valence-corrected chi connectivity index (χ2v) is 20.6. The largest absolute Gasteiger partial charge is 0.494 e. The molecule has 18 nitrogen and oxygen atoms in total. The molecule has 25 atom stereocenters. The molecule has 0 spiro atoms. The molecule has 0 aromatic carbocycles. The number of allylic oxidation sites excluding steroid dienone is 1. The summed E-state index contributed by atoms with van der Waals surface area (Å²) in [6.07, 6.45) is -13.3. The summed E-state index contributed by atoms with van der Waals surface area (Å²) in [6, 6.07) is 0. The van der Waals surface area contributed by atoms with Crippen LogP contribution in [0.1, 0.15) is 85.5 Å². The van der Waals surface area contributed by atoms with Gasteiger partial charge in [0.1, 0.15) is 73.2 Å². The number of hydrogen-bond acceptors (Lipinski definition) is 18. The van der Waals surface area contributed by atoms with Crippen LogP contribution in [0.2, 0.25) is 0 Å². The lowest BCUT2D eigenvalue weighted by Crippen LogP contribution is -2.62. The van der Waals surface area contributed by atoms with Crippen LogP contribution in [-0.4, -0.2) is 187 Å². The van der Waals surface area contributed by atoms with Gasteiger partial charge in [0.15, 0.2) is 18.9 Å². The lowest BCUT2D eigenvalue weighted by atomic mass is 9.44. The van der Waals surface area contributed by atoms with Crippen LogP contribution in [0.15, 0.2) is 11.3 Å². The Hall–Kier alpha value is -1.14. The van der Waals surface area contributed by atoms with Crippen LogP contribution < -0.4 is 0 Å². The third kappa shape index (κ3) is 8.43. The third-order valence-corrected chi connectivity index (χ3v) is 17.0. The number of aliphatic hydroxyl groups excluding tert-OH is 11. The molecule has 0 amide bonds. The van der Waals surface area contributed by atoms with E-state index >= 15 is 0 Å². The van der Waals surface area contributed by atoms with Gasteiger partial charge in [-0.2, -0.15) is 0 Å². The topological polar surface area (TPSA) is 287 Å². The molecule has 18 heteroatoms. The Morgan fingerprint density at radius 3 is 2.11 bits per heavy atom. The second-order valence-electron chi connectivity index (χ2n) is 20.6. The predicted octanol–water partition coefficient (Wildman–Crippen LogP) is -1.22. The van der Waals surface area contributed by atoms with Gasteiger partial charge in [-0.1, -0.05) is 20.8 Å². The highest BCUT2D eigenvalue weighted by molar-refractivity contribution is 5.27. The number of ether oxygens (including phenoxy) is 7. The molecule has 3 saturated heterocycles. The molecule has 356 valence electrons. The van der Waals surface area contributed by atoms with E-state index in [1.807, 2.05) is 6.92 Å². The summed E-state index contributed by atoms with van der Waals surface area (Å²) in [5.41, 5.74) is 1.27. The van der Waals surface area contributed by atoms with Crippen molar-refractivity contribution in [3.63, 3.8) is 0 Å². The van der Waals surface area contributed by atoms with Crippen molar-refractivity contribution in [2.24, 2.45) is 46.3 Å². The highest BCUT2D eigenvalue weighted by Crippen LogP contribution is 2.70. The van der Waals surface area contributed by atoms with Crippen LogP contribution in [0.5, 0.6) is 0 Å². The second kappa shape index (κ2) is 18.5. The Bertz CT molecular complexity index is 1570. The van der Waals surface area contributed by atoms with E-state index in [9.17, 15) is 56.2 Å². The summed E-state index contributed by atoms with van der Waals surface area (Å²) in [5.74, 6) is 3.09. The molecule has 7 fully saturated rings. The van der Waals surface area contributed by atoms with Gasteiger partial charge in [-0.05, 0) is 104 Å². The van der Waals surface area contributed by atoms with Crippen molar-refractivity contribution in [2.45, 2.75) is 190 Å². The zero-order valence-electron chi connectivity index (χ0n) is 36.2. The molecule has 62 heavy (non-hydrogen) atoms. The van der Waals surface area contributed by atoms with E-state index in [1.54, 1.807) is 0 Å². The highest BCUT2D eigenvalue weighted by Gasteiger charge is 2.65. The lowest BCUT2D eigenvalue weighted by Gasteiger charge is -2.61. The zero-order valence-corrected chi connectivity index (χ0v) is 36.2. The molecule has 8 rings (SSSR count). The van der Waals surface area contributed by atoms with E-state index < -0.39 is 105 Å². The molecule has 4 saturated carbocycles. The molecule has 11 N–H and O–H groups in total. The highest BCUT2D eigenvalue weighted by atomic mass is 16.7. The minimum Gasteiger partial charge on any atom is -0.494 e. The minimum atomic E-state index is -1.65. The van der Waals surface area contributed by atoms with Crippen molar-refractivity contribution < 1.29 is 89.3 Å². The van der Waals surface area contributed by atoms with Gasteiger partial charge in [0.2, 0.25) is 0 Å². The monoisotopic (exact) mass is 888 g/mol. The standard InChI is InChI=1S/C44H72O18/c1-18(15-56-41-38(54)35(51)33(49)29(14-45)61-41)5-8-26-19(2)31-28(59-26)12-23-21-7-6-20-11-27(24(46)13-44(20,4)22(21)9-10-43(23,31)3)60-42-39(55)36(52)34(50)30(62-42)17-58-40-37(53)32(48)25(47)16-57-40/h18,20-25,27-42,45-55H,5-17H2,1-4H3/t18-,20+,21-,22+,23+,24-,25+,27-,28+,29-,30-,31+,32-,33+,34+,35+,36+,37+,38-,39-,40-,41+,42-,43+,44+/m0/s1. The first-order valence-corrected chi connectivity index (χ1v) is 23.0. The van der Waals surface area contributed by atoms with Crippen molar-refractivity contribution in [2.75, 3.05) is 26.4 Å². The third-order valence-electron chi connectivity index (χ3n) is 17.0. The first kappa shape index (κ1) is 47.4. The van der Waals surface area contributed by atoms with E-state index in [0.717, 1.165) is 50.7 Å². The van der Waals surface area contributed by atoms with E-state index in [2.05, 4.69) is 20.8 Å². The quantitative estimate of drug-likeness (QED) is 0.102. The van der Waals surface area contributed by atoms with Crippen molar-refractivity contribution >= 4 is 0 Å². The Labute approximate surface area is 362 Å². The average Bonchev–Trinajstić information content (AvgIpc) is 3.73. The summed E-state index contributed by atoms with van der Waals surface area (Å²) in [5, 5.41) is 114. The van der Waals surface area contributed by atoms with E-state index in [4.69, 9.17) is 33.2 Å². The number of hydrogen-bond donors (Lipinski definition) is 11. The fourth-order valence-corrected chi connectivity index (χ4v) is 13.4. The maximum Gasteiger partial charge on any atom is 0.187 e. The molecule has 0 radical (unpaired) electrons. The maximum absolute atomic E-state index is 11.7. The van der Waals surface area contributed by atoms with Gasteiger partial charge in [0.05, 0.1) is 44.4 Å². The smallest absolute Gasteiger partial charge is 0.187 e. The van der Waals surface area contributed by atoms with Gasteiger partial charge in [0.25, 0.3) is 0 Å². The Balaban J connectivity index is 0.850. The Morgan fingerprint density at radius 2 is 1.39 bits per heavy atom. The van der Waals surface area contributed by atoms with Crippen molar-refractivity contribution in [1.82, 2.24) is 0 Å².